The van der Waals surface area contributed by atoms with Crippen LogP contribution in [0.4, 0.5) is 0 Å². The highest BCUT2D eigenvalue weighted by Crippen LogP contribution is 2.64. The monoisotopic (exact) mass is 793 g/mol. The van der Waals surface area contributed by atoms with Crippen molar-refractivity contribution in [2.24, 2.45) is 52.8 Å². The number of nitrogens with one attached hydrogen (secondary N) is 4. The van der Waals surface area contributed by atoms with Gasteiger partial charge in [-0.15, -0.1) is 0 Å². The highest BCUT2D eigenvalue weighted by molar-refractivity contribution is 6.23. The molecule has 5 N–H and O–H groups in total. The van der Waals surface area contributed by atoms with Gasteiger partial charge in [0.05, 0.1) is 19.4 Å². The van der Waals surface area contributed by atoms with Gasteiger partial charge in [0.15, 0.2) is 17.2 Å². The van der Waals surface area contributed by atoms with Crippen LogP contribution < -0.4 is 21.3 Å². The van der Waals surface area contributed by atoms with Crippen LogP contribution in [0.15, 0.2) is 23.3 Å². The van der Waals surface area contributed by atoms with Gasteiger partial charge >= 0.3 is 5.97 Å². The number of esters is 1. The van der Waals surface area contributed by atoms with E-state index >= 15 is 9.59 Å². The van der Waals surface area contributed by atoms with Crippen molar-refractivity contribution in [3.63, 3.8) is 0 Å². The van der Waals surface area contributed by atoms with Crippen molar-refractivity contribution in [1.82, 2.24) is 21.3 Å². The molecule has 10 nitrogen and oxygen atoms in total. The highest BCUT2D eigenvalue weighted by Gasteiger charge is 2.87. The number of epoxide rings is 1. The summed E-state index contributed by atoms with van der Waals surface area (Å²) in [5.41, 5.74) is -1.63. The van der Waals surface area contributed by atoms with Crippen LogP contribution in [0, 0.1) is 52.8 Å². The van der Waals surface area contributed by atoms with Gasteiger partial charge in [-0.05, 0) is 145 Å². The zero-order valence-electron chi connectivity index (χ0n) is 36.0. The Hall–Kier alpha value is -1.95. The normalized spacial score (nSPS) is 39.2. The molecule has 4 saturated carbocycles. The summed E-state index contributed by atoms with van der Waals surface area (Å²) >= 11 is 0. The Labute approximate surface area is 343 Å². The number of rotatable bonds is 16. The molecule has 7 rings (SSSR count). The number of aliphatic hydroxyl groups is 1. The van der Waals surface area contributed by atoms with Crippen LogP contribution in [0.2, 0.25) is 0 Å². The van der Waals surface area contributed by atoms with E-state index in [9.17, 15) is 9.90 Å². The molecule has 2 saturated heterocycles. The molecule has 11 atom stereocenters. The maximum Gasteiger partial charge on any atom is 0.350 e. The van der Waals surface area contributed by atoms with Crippen molar-refractivity contribution in [2.75, 3.05) is 40.0 Å². The Morgan fingerprint density at radius 3 is 2.54 bits per heavy atom. The van der Waals surface area contributed by atoms with Crippen molar-refractivity contribution in [3.8, 4) is 0 Å². The van der Waals surface area contributed by atoms with Crippen LogP contribution in [0.1, 0.15) is 137 Å². The third kappa shape index (κ3) is 8.40. The second-order valence-corrected chi connectivity index (χ2v) is 20.0. The van der Waals surface area contributed by atoms with Gasteiger partial charge in [0.2, 0.25) is 0 Å². The maximum absolute atomic E-state index is 15.1. The van der Waals surface area contributed by atoms with Crippen LogP contribution in [0.5, 0.6) is 0 Å². The Morgan fingerprint density at radius 1 is 1.00 bits per heavy atom. The first-order valence-electron chi connectivity index (χ1n) is 23.3. The molecule has 0 aromatic heterocycles. The summed E-state index contributed by atoms with van der Waals surface area (Å²) < 4.78 is 12.9. The number of piperidine rings is 1. The SMILES string of the molecule is CCNC1CC2C=CCCC2CC1COC(=O)C12OC1(CC(CO)=C(C)CC1(C3CCNC(NCNC)C3)CCCCC1)C(=O)C1CCCC(CC(C)C)C1C2=O. The first kappa shape index (κ1) is 43.1. The van der Waals surface area contributed by atoms with Crippen molar-refractivity contribution in [3.05, 3.63) is 23.3 Å². The lowest BCUT2D eigenvalue weighted by molar-refractivity contribution is -0.161. The number of allylic oxidation sites excluding steroid dienone is 3. The molecular weight excluding hydrogens is 717 g/mol. The van der Waals surface area contributed by atoms with Gasteiger partial charge in [0.1, 0.15) is 0 Å². The minimum Gasteiger partial charge on any atom is -0.463 e. The van der Waals surface area contributed by atoms with E-state index in [-0.39, 0.29) is 60.7 Å². The molecule has 5 aliphatic carbocycles. The smallest absolute Gasteiger partial charge is 0.350 e. The topological polar surface area (TPSA) is 141 Å². The zero-order chi connectivity index (χ0) is 40.4. The van der Waals surface area contributed by atoms with Crippen LogP contribution in [-0.4, -0.2) is 86.1 Å². The van der Waals surface area contributed by atoms with Gasteiger partial charge in [-0.1, -0.05) is 64.2 Å². The van der Waals surface area contributed by atoms with E-state index in [4.69, 9.17) is 9.47 Å². The molecular formula is C47H76N4O6. The third-order valence-corrected chi connectivity index (χ3v) is 16.1. The van der Waals surface area contributed by atoms with Crippen molar-refractivity contribution >= 4 is 17.5 Å². The molecule has 2 heterocycles. The number of Topliss-reactive ketones (excluding diaryl/α,β-unsaturated/α-hetero) is 2. The van der Waals surface area contributed by atoms with E-state index in [1.807, 2.05) is 7.05 Å². The molecule has 0 amide bonds. The van der Waals surface area contributed by atoms with Gasteiger partial charge < -0.3 is 30.5 Å². The van der Waals surface area contributed by atoms with Crippen molar-refractivity contribution in [1.29, 1.82) is 0 Å². The summed E-state index contributed by atoms with van der Waals surface area (Å²) in [6, 6.07) is 0.212. The molecule has 7 aliphatic rings. The van der Waals surface area contributed by atoms with Crippen LogP contribution in [-0.2, 0) is 23.9 Å². The Balaban J connectivity index is 1.17. The average molecular weight is 793 g/mol. The van der Waals surface area contributed by atoms with E-state index in [0.717, 1.165) is 108 Å². The number of ether oxygens (including phenoxy) is 2. The Morgan fingerprint density at radius 2 is 1.81 bits per heavy atom. The quantitative estimate of drug-likeness (QED) is 0.0394. The molecule has 0 aromatic carbocycles. The molecule has 10 heteroatoms. The highest BCUT2D eigenvalue weighted by atomic mass is 16.7. The number of hydrogen-bond donors (Lipinski definition) is 5. The van der Waals surface area contributed by atoms with Crippen molar-refractivity contribution in [2.45, 2.75) is 160 Å². The predicted molar refractivity (Wildman–Crippen MR) is 223 cm³/mol. The molecule has 0 radical (unpaired) electrons. The maximum atomic E-state index is 15.1. The molecule has 11 unspecified atom stereocenters. The number of carbonyl (C=O) groups is 3. The molecule has 6 fully saturated rings. The van der Waals surface area contributed by atoms with Gasteiger partial charge in [-0.3, -0.25) is 14.9 Å². The van der Waals surface area contributed by atoms with Crippen LogP contribution in [0.3, 0.4) is 0 Å². The summed E-state index contributed by atoms with van der Waals surface area (Å²) in [4.78, 5) is 45.0. The predicted octanol–water partition coefficient (Wildman–Crippen LogP) is 6.37. The van der Waals surface area contributed by atoms with Crippen LogP contribution >= 0.6 is 0 Å². The standard InChI is InChI=1S/C47H76N4O6/c1-6-49-39-23-33-14-9-8-13-32(33)22-35(39)28-56-44(55)47-43(54)41-34(21-30(2)3)15-12-16-38(41)42(53)46(47,57-47)26-36(27-52)31(4)25-45(18-10-7-11-19-45)37-17-20-50-40(24-37)51-29-48-5/h9,14,30,32-35,37-41,48-52H,6-8,10-13,15-29H2,1-5H3. The summed E-state index contributed by atoms with van der Waals surface area (Å²) in [5, 5.41) is 25.3. The van der Waals surface area contributed by atoms with E-state index in [0.29, 0.717) is 30.1 Å². The van der Waals surface area contributed by atoms with E-state index < -0.39 is 29.0 Å². The fourth-order valence-corrected chi connectivity index (χ4v) is 13.3. The zero-order valence-corrected chi connectivity index (χ0v) is 36.0. The van der Waals surface area contributed by atoms with Gasteiger partial charge in [-0.25, -0.2) is 4.79 Å². The summed E-state index contributed by atoms with van der Waals surface area (Å²) in [7, 11) is 1.96. The third-order valence-electron chi connectivity index (χ3n) is 16.1. The average Bonchev–Trinajstić information content (AvgIpc) is 3.92. The van der Waals surface area contributed by atoms with E-state index in [1.165, 1.54) is 19.3 Å². The minimum absolute atomic E-state index is 0.0389. The minimum atomic E-state index is -1.94. The summed E-state index contributed by atoms with van der Waals surface area (Å²) in [5.74, 6) is 0.138. The van der Waals surface area contributed by atoms with Gasteiger partial charge in [0.25, 0.3) is 5.60 Å². The number of hydrogen-bond acceptors (Lipinski definition) is 10. The lowest BCUT2D eigenvalue weighted by Gasteiger charge is -2.48. The van der Waals surface area contributed by atoms with Gasteiger partial charge in [0, 0.05) is 36.9 Å². The number of aliphatic hydroxyl groups excluding tert-OH is 1. The van der Waals surface area contributed by atoms with Crippen LogP contribution in [0.25, 0.3) is 0 Å². The molecule has 0 spiro atoms. The number of carbonyl (C=O) groups excluding carboxylic acids is 3. The second kappa shape index (κ2) is 18.3. The second-order valence-electron chi connectivity index (χ2n) is 20.0. The largest absolute Gasteiger partial charge is 0.463 e. The van der Waals surface area contributed by atoms with Gasteiger partial charge in [-0.2, -0.15) is 0 Å². The Kier molecular flexibility index (Phi) is 13.9. The Bertz CT molecular complexity index is 1510. The molecule has 0 bridgehead atoms. The fourth-order valence-electron chi connectivity index (χ4n) is 13.3. The summed E-state index contributed by atoms with van der Waals surface area (Å²) in [6.45, 7) is 11.1. The summed E-state index contributed by atoms with van der Waals surface area (Å²) in [6.07, 6.45) is 21.4. The lowest BCUT2D eigenvalue weighted by atomic mass is 9.56. The van der Waals surface area contributed by atoms with Crippen molar-refractivity contribution < 1.29 is 29.0 Å². The fraction of sp³-hybridized carbons (Fsp3) is 0.851. The first-order valence-corrected chi connectivity index (χ1v) is 23.3. The van der Waals surface area contributed by atoms with E-state index in [1.54, 1.807) is 0 Å². The van der Waals surface area contributed by atoms with E-state index in [2.05, 4.69) is 61.1 Å². The number of fused-ring (bicyclic) bond motifs is 3. The molecule has 57 heavy (non-hydrogen) atoms. The molecule has 320 valence electrons. The first-order chi connectivity index (χ1) is 27.5. The molecule has 2 aliphatic heterocycles. The molecule has 0 aromatic rings. The lowest BCUT2D eigenvalue weighted by Crippen LogP contribution is -2.60. The number of ketones is 2.